The van der Waals surface area contributed by atoms with Gasteiger partial charge in [0.2, 0.25) is 0 Å². The number of benzene rings is 6. The third kappa shape index (κ3) is 4.74. The Morgan fingerprint density at radius 2 is 0.932 bits per heavy atom. The summed E-state index contributed by atoms with van der Waals surface area (Å²) < 4.78 is 0. The zero-order chi connectivity index (χ0) is 38.9. The van der Waals surface area contributed by atoms with E-state index in [4.69, 9.17) is 9.97 Å². The summed E-state index contributed by atoms with van der Waals surface area (Å²) in [6, 6.07) is 61.0. The van der Waals surface area contributed by atoms with Gasteiger partial charge in [-0.15, -0.1) is 0 Å². The monoisotopic (exact) mass is 754 g/mol. The predicted molar refractivity (Wildman–Crippen MR) is 238 cm³/mol. The molecule has 0 saturated carbocycles. The van der Waals surface area contributed by atoms with Crippen LogP contribution in [-0.4, -0.2) is 19.9 Å². The first-order valence-corrected chi connectivity index (χ1v) is 19.9. The summed E-state index contributed by atoms with van der Waals surface area (Å²) in [6.45, 7) is 0. The first kappa shape index (κ1) is 33.2. The molecule has 12 rings (SSSR count). The smallest absolute Gasteiger partial charge is 0.137 e. The molecule has 6 nitrogen and oxygen atoms in total. The molecule has 0 unspecified atom stereocenters. The fourth-order valence-corrected chi connectivity index (χ4v) is 9.94. The highest BCUT2D eigenvalue weighted by atomic mass is 15.2. The van der Waals surface area contributed by atoms with Crippen molar-refractivity contribution in [1.82, 2.24) is 19.9 Å². The average Bonchev–Trinajstić information content (AvgIpc) is 3.78. The van der Waals surface area contributed by atoms with Crippen molar-refractivity contribution < 1.29 is 0 Å². The minimum Gasteiger partial charge on any atom is -0.293 e. The van der Waals surface area contributed by atoms with E-state index in [1.165, 1.54) is 49.9 Å². The van der Waals surface area contributed by atoms with Crippen LogP contribution in [0.1, 0.15) is 22.3 Å². The summed E-state index contributed by atoms with van der Waals surface area (Å²) in [6.07, 6.45) is 11.2. The largest absolute Gasteiger partial charge is 0.293 e. The number of hydrogen-bond acceptors (Lipinski definition) is 6. The molecule has 6 heteroatoms. The van der Waals surface area contributed by atoms with E-state index < -0.39 is 5.41 Å². The molecule has 276 valence electrons. The van der Waals surface area contributed by atoms with Gasteiger partial charge in [-0.3, -0.25) is 19.8 Å². The van der Waals surface area contributed by atoms with Gasteiger partial charge in [-0.2, -0.15) is 0 Å². The first-order chi connectivity index (χ1) is 29.3. The lowest BCUT2D eigenvalue weighted by atomic mass is 9.69. The van der Waals surface area contributed by atoms with Crippen molar-refractivity contribution >= 4 is 55.9 Å². The van der Waals surface area contributed by atoms with Gasteiger partial charge in [-0.25, -0.2) is 9.97 Å². The molecule has 0 bridgehead atoms. The molecular weight excluding hydrogens is 721 g/mol. The van der Waals surface area contributed by atoms with Crippen LogP contribution in [0.15, 0.2) is 207 Å². The number of fused-ring (bicyclic) bond motifs is 14. The van der Waals surface area contributed by atoms with E-state index in [2.05, 4.69) is 153 Å². The number of hydrogen-bond donors (Lipinski definition) is 0. The van der Waals surface area contributed by atoms with Crippen LogP contribution in [0.3, 0.4) is 0 Å². The molecule has 0 amide bonds. The Kier molecular flexibility index (Phi) is 7.34. The number of nitrogens with zero attached hydrogens (tertiary/aromatic N) is 6. The van der Waals surface area contributed by atoms with Crippen molar-refractivity contribution in [2.24, 2.45) is 0 Å². The molecule has 6 aromatic carbocycles. The molecule has 4 aromatic heterocycles. The van der Waals surface area contributed by atoms with Crippen molar-refractivity contribution in [1.29, 1.82) is 0 Å². The number of anilines is 6. The lowest BCUT2D eigenvalue weighted by molar-refractivity contribution is 0.802. The Morgan fingerprint density at radius 1 is 0.373 bits per heavy atom. The van der Waals surface area contributed by atoms with Crippen LogP contribution in [-0.2, 0) is 5.41 Å². The fourth-order valence-electron chi connectivity index (χ4n) is 9.94. The molecule has 2 aliphatic rings. The summed E-state index contributed by atoms with van der Waals surface area (Å²) in [4.78, 5) is 23.4. The van der Waals surface area contributed by atoms with Gasteiger partial charge in [-0.1, -0.05) is 109 Å². The molecule has 4 heterocycles. The van der Waals surface area contributed by atoms with Gasteiger partial charge in [0.05, 0.1) is 40.6 Å². The van der Waals surface area contributed by atoms with E-state index in [1.54, 1.807) is 0 Å². The average molecular weight is 755 g/mol. The molecular formula is C53H34N6. The van der Waals surface area contributed by atoms with Crippen molar-refractivity contribution in [2.45, 2.75) is 5.41 Å². The number of rotatable bonds is 6. The molecule has 0 radical (unpaired) electrons. The summed E-state index contributed by atoms with van der Waals surface area (Å²) in [5.41, 5.74) is 13.5. The second-order valence-electron chi connectivity index (χ2n) is 15.0. The number of aromatic nitrogens is 4. The highest BCUT2D eigenvalue weighted by molar-refractivity contribution is 6.16. The maximum atomic E-state index is 4.93. The van der Waals surface area contributed by atoms with Crippen molar-refractivity contribution in [3.8, 4) is 22.3 Å². The van der Waals surface area contributed by atoms with E-state index in [9.17, 15) is 0 Å². The van der Waals surface area contributed by atoms with Crippen molar-refractivity contribution in [3.63, 3.8) is 0 Å². The summed E-state index contributed by atoms with van der Waals surface area (Å²) in [7, 11) is 0. The van der Waals surface area contributed by atoms with Crippen LogP contribution in [0.25, 0.3) is 43.8 Å². The molecule has 10 aromatic rings. The molecule has 1 spiro atoms. The minimum absolute atomic E-state index is 0.575. The van der Waals surface area contributed by atoms with Gasteiger partial charge in [0.25, 0.3) is 0 Å². The molecule has 0 N–H and O–H groups in total. The van der Waals surface area contributed by atoms with E-state index in [-0.39, 0.29) is 0 Å². The quantitative estimate of drug-likeness (QED) is 0.168. The van der Waals surface area contributed by atoms with E-state index in [0.717, 1.165) is 50.5 Å². The first-order valence-electron chi connectivity index (χ1n) is 19.9. The van der Waals surface area contributed by atoms with Gasteiger partial charge < -0.3 is 0 Å². The Hall–Kier alpha value is -7.96. The highest BCUT2D eigenvalue weighted by Crippen LogP contribution is 2.66. The van der Waals surface area contributed by atoms with Crippen LogP contribution in [0.4, 0.5) is 34.4 Å². The van der Waals surface area contributed by atoms with Gasteiger partial charge in [-0.05, 0) is 116 Å². The summed E-state index contributed by atoms with van der Waals surface area (Å²) >= 11 is 0. The molecule has 2 aliphatic carbocycles. The Labute approximate surface area is 341 Å². The molecule has 0 aliphatic heterocycles. The molecule has 0 saturated heterocycles. The third-order valence-electron chi connectivity index (χ3n) is 12.1. The lowest BCUT2D eigenvalue weighted by Gasteiger charge is -2.33. The van der Waals surface area contributed by atoms with E-state index in [0.29, 0.717) is 0 Å². The maximum absolute atomic E-state index is 4.93. The SMILES string of the molecule is c1ccc(N(c2cccnc2)c2cccc3c4c(ccc23)C2(c3ccccc3-c3ccccc32)c2c-4cc(N(c3cccnc3)c3ccccn3)c3ccccc23)nc1. The van der Waals surface area contributed by atoms with Gasteiger partial charge in [0.15, 0.2) is 0 Å². The number of pyridine rings is 4. The Morgan fingerprint density at radius 3 is 1.54 bits per heavy atom. The molecule has 0 fully saturated rings. The topological polar surface area (TPSA) is 58.0 Å². The minimum atomic E-state index is -0.575. The van der Waals surface area contributed by atoms with Crippen LogP contribution >= 0.6 is 0 Å². The maximum Gasteiger partial charge on any atom is 0.137 e. The van der Waals surface area contributed by atoms with Crippen LogP contribution in [0.5, 0.6) is 0 Å². The van der Waals surface area contributed by atoms with Crippen molar-refractivity contribution in [2.75, 3.05) is 9.80 Å². The van der Waals surface area contributed by atoms with Crippen LogP contribution in [0.2, 0.25) is 0 Å². The fraction of sp³-hybridized carbons (Fsp3) is 0.0189. The van der Waals surface area contributed by atoms with Crippen LogP contribution in [0, 0.1) is 0 Å². The zero-order valence-electron chi connectivity index (χ0n) is 31.8. The van der Waals surface area contributed by atoms with E-state index >= 15 is 0 Å². The Bertz CT molecular complexity index is 3100. The molecule has 0 atom stereocenters. The van der Waals surface area contributed by atoms with Gasteiger partial charge in [0, 0.05) is 35.6 Å². The predicted octanol–water partition coefficient (Wildman–Crippen LogP) is 12.9. The normalized spacial score (nSPS) is 12.9. The standard InChI is InChI=1S/C53H34N6/c1-2-19-42-39(18-1)48(59(36-15-13-29-55-34-36)50-25-8-10-31-57-50)32-43-51-41-20-11-23-47(58(35-14-12-28-54-33-35)49-24-7-9-30-56-49)40(41)26-27-46(51)53(52(42)43)44-21-5-3-16-37(44)38-17-4-6-22-45(38)53/h1-34H. The van der Waals surface area contributed by atoms with Gasteiger partial charge in [0.1, 0.15) is 11.6 Å². The zero-order valence-corrected chi connectivity index (χ0v) is 31.8. The van der Waals surface area contributed by atoms with E-state index in [1.807, 2.05) is 73.6 Å². The Balaban J connectivity index is 1.24. The summed E-state index contributed by atoms with van der Waals surface area (Å²) in [5, 5.41) is 4.61. The van der Waals surface area contributed by atoms with Crippen molar-refractivity contribution in [3.05, 3.63) is 229 Å². The second-order valence-corrected chi connectivity index (χ2v) is 15.0. The van der Waals surface area contributed by atoms with Gasteiger partial charge >= 0.3 is 0 Å². The third-order valence-corrected chi connectivity index (χ3v) is 12.1. The summed E-state index contributed by atoms with van der Waals surface area (Å²) in [5.74, 6) is 1.64. The molecule has 59 heavy (non-hydrogen) atoms. The second kappa shape index (κ2) is 13.0. The van der Waals surface area contributed by atoms with Crippen LogP contribution < -0.4 is 9.80 Å². The lowest BCUT2D eigenvalue weighted by Crippen LogP contribution is -2.26. The highest BCUT2D eigenvalue weighted by Gasteiger charge is 2.53.